The average molecular weight is 401 g/mol. The first-order chi connectivity index (χ1) is 10.6. The highest BCUT2D eigenvalue weighted by molar-refractivity contribution is 7.80. The lowest BCUT2D eigenvalue weighted by Gasteiger charge is -2.26. The van der Waals surface area contributed by atoms with E-state index in [1.54, 1.807) is 12.1 Å². The quantitative estimate of drug-likeness (QED) is 0.267. The van der Waals surface area contributed by atoms with Crippen molar-refractivity contribution in [3.63, 3.8) is 0 Å². The number of anilines is 1. The van der Waals surface area contributed by atoms with Crippen LogP contribution in [0.4, 0.5) is 10.5 Å². The molecule has 23 heavy (non-hydrogen) atoms. The summed E-state index contributed by atoms with van der Waals surface area (Å²) < 4.78 is 2.62. The fourth-order valence-electron chi connectivity index (χ4n) is 1.43. The van der Waals surface area contributed by atoms with Crippen LogP contribution in [-0.4, -0.2) is 39.3 Å². The first-order valence-corrected chi connectivity index (χ1v) is 7.49. The van der Waals surface area contributed by atoms with Crippen molar-refractivity contribution >= 4 is 69.9 Å². The maximum Gasteiger partial charge on any atom is 0.406 e. The molecule has 0 spiro atoms. The third kappa shape index (κ3) is 6.66. The molecular formula is C12H12Cl3N3O4S. The fraction of sp³-hybridized carbons (Fsp3) is 0.250. The first kappa shape index (κ1) is 19.6. The molecule has 0 aliphatic rings. The van der Waals surface area contributed by atoms with E-state index in [4.69, 9.17) is 52.1 Å². The largest absolute Gasteiger partial charge is 0.465 e. The van der Waals surface area contributed by atoms with Gasteiger partial charge in [-0.25, -0.2) is 9.59 Å². The summed E-state index contributed by atoms with van der Waals surface area (Å²) in [6.45, 7) is 0. The van der Waals surface area contributed by atoms with Crippen LogP contribution in [0, 0.1) is 0 Å². The Morgan fingerprint density at radius 1 is 1.22 bits per heavy atom. The maximum absolute atomic E-state index is 11.3. The van der Waals surface area contributed by atoms with E-state index in [-0.39, 0.29) is 5.11 Å². The number of halogens is 3. The highest BCUT2D eigenvalue weighted by atomic mass is 35.6. The number of rotatable bonds is 4. The molecule has 0 heterocycles. The molecule has 0 aromatic heterocycles. The number of carbonyl (C=O) groups is 2. The molecule has 0 saturated carbocycles. The lowest BCUT2D eigenvalue weighted by molar-refractivity contribution is 0.0600. The number of ether oxygens (including phenoxy) is 1. The van der Waals surface area contributed by atoms with E-state index in [0.717, 1.165) is 0 Å². The van der Waals surface area contributed by atoms with Crippen molar-refractivity contribution in [2.75, 3.05) is 12.4 Å². The summed E-state index contributed by atoms with van der Waals surface area (Å²) in [5.74, 6) is -0.473. The summed E-state index contributed by atoms with van der Waals surface area (Å²) in [7, 11) is 1.28. The second-order valence-electron chi connectivity index (χ2n) is 4.09. The fourth-order valence-corrected chi connectivity index (χ4v) is 1.99. The number of nitrogens with one attached hydrogen (secondary N) is 3. The van der Waals surface area contributed by atoms with E-state index < -0.39 is 22.0 Å². The first-order valence-electron chi connectivity index (χ1n) is 5.95. The predicted octanol–water partition coefficient (Wildman–Crippen LogP) is 2.72. The zero-order chi connectivity index (χ0) is 17.6. The molecule has 1 atom stereocenters. The number of methoxy groups -OCH3 is 1. The van der Waals surface area contributed by atoms with Crippen molar-refractivity contribution < 1.29 is 19.4 Å². The number of carboxylic acid groups (broad SMARTS) is 1. The van der Waals surface area contributed by atoms with E-state index in [1.807, 2.05) is 5.32 Å². The number of thiocarbonyl (C=S) groups is 1. The zero-order valence-electron chi connectivity index (χ0n) is 11.6. The summed E-state index contributed by atoms with van der Waals surface area (Å²) in [6.07, 6.45) is -2.65. The molecule has 0 saturated heterocycles. The van der Waals surface area contributed by atoms with E-state index in [9.17, 15) is 9.59 Å². The van der Waals surface area contributed by atoms with Crippen LogP contribution < -0.4 is 16.0 Å². The molecular weight excluding hydrogens is 389 g/mol. The van der Waals surface area contributed by atoms with E-state index in [0.29, 0.717) is 11.3 Å². The van der Waals surface area contributed by atoms with Crippen LogP contribution in [0.2, 0.25) is 0 Å². The van der Waals surface area contributed by atoms with Crippen LogP contribution >= 0.6 is 47.0 Å². The SMILES string of the molecule is COC(=O)c1ccc(NC(=S)N[C@@H](NC(=O)O)C(Cl)(Cl)Cl)cc1. The molecule has 11 heteroatoms. The summed E-state index contributed by atoms with van der Waals surface area (Å²) in [6, 6.07) is 6.21. The van der Waals surface area contributed by atoms with E-state index in [2.05, 4.69) is 15.4 Å². The van der Waals surface area contributed by atoms with Gasteiger partial charge in [0.1, 0.15) is 0 Å². The van der Waals surface area contributed by atoms with Gasteiger partial charge in [0.15, 0.2) is 11.3 Å². The lowest BCUT2D eigenvalue weighted by Crippen LogP contribution is -2.55. The van der Waals surface area contributed by atoms with Gasteiger partial charge in [0.05, 0.1) is 12.7 Å². The van der Waals surface area contributed by atoms with Crippen LogP contribution in [0.1, 0.15) is 10.4 Å². The minimum absolute atomic E-state index is 0.0147. The van der Waals surface area contributed by atoms with Gasteiger partial charge in [-0.2, -0.15) is 0 Å². The summed E-state index contributed by atoms with van der Waals surface area (Å²) in [5.41, 5.74) is 0.900. The van der Waals surface area contributed by atoms with Gasteiger partial charge in [-0.3, -0.25) is 5.32 Å². The van der Waals surface area contributed by atoms with Crippen LogP contribution in [0.25, 0.3) is 0 Å². The molecule has 1 rings (SSSR count). The summed E-state index contributed by atoms with van der Waals surface area (Å²) in [5, 5.41) is 16.0. The topological polar surface area (TPSA) is 99.7 Å². The number of benzene rings is 1. The summed E-state index contributed by atoms with van der Waals surface area (Å²) >= 11 is 22.0. The third-order valence-corrected chi connectivity index (χ3v) is 3.31. The van der Waals surface area contributed by atoms with Crippen molar-refractivity contribution in [1.29, 1.82) is 0 Å². The maximum atomic E-state index is 11.3. The Hall–Kier alpha value is -1.48. The molecule has 0 aliphatic heterocycles. The molecule has 0 fully saturated rings. The normalized spacial score (nSPS) is 12.0. The molecule has 4 N–H and O–H groups in total. The standard InChI is InChI=1S/C12H12Cl3N3O4S/c1-22-8(19)6-2-4-7(5-3-6)16-10(23)17-9(12(13,14)15)18-11(20)21/h2-5,9,18H,1H3,(H,20,21)(H2,16,17,23)/t9-/m0/s1. The monoisotopic (exact) mass is 399 g/mol. The Kier molecular flexibility index (Phi) is 7.14. The van der Waals surface area contributed by atoms with Crippen LogP contribution in [0.3, 0.4) is 0 Å². The number of hydrogen-bond acceptors (Lipinski definition) is 4. The molecule has 7 nitrogen and oxygen atoms in total. The lowest BCUT2D eigenvalue weighted by atomic mass is 10.2. The minimum Gasteiger partial charge on any atom is -0.465 e. The molecule has 0 unspecified atom stereocenters. The molecule has 1 aromatic rings. The molecule has 1 aromatic carbocycles. The number of alkyl halides is 3. The minimum atomic E-state index is -1.96. The number of hydrogen-bond donors (Lipinski definition) is 4. The molecule has 126 valence electrons. The predicted molar refractivity (Wildman–Crippen MR) is 92.4 cm³/mol. The Labute approximate surface area is 152 Å². The van der Waals surface area contributed by atoms with Gasteiger partial charge in [-0.05, 0) is 36.5 Å². The van der Waals surface area contributed by atoms with E-state index >= 15 is 0 Å². The van der Waals surface area contributed by atoms with Crippen LogP contribution in [0.5, 0.6) is 0 Å². The summed E-state index contributed by atoms with van der Waals surface area (Å²) in [4.78, 5) is 22.0. The second-order valence-corrected chi connectivity index (χ2v) is 6.87. The Bertz CT molecular complexity index is 592. The molecule has 0 radical (unpaired) electrons. The second kappa shape index (κ2) is 8.39. The van der Waals surface area contributed by atoms with Gasteiger partial charge in [0.25, 0.3) is 0 Å². The van der Waals surface area contributed by atoms with Crippen molar-refractivity contribution in [1.82, 2.24) is 10.6 Å². The van der Waals surface area contributed by atoms with Crippen molar-refractivity contribution in [3.8, 4) is 0 Å². The third-order valence-electron chi connectivity index (χ3n) is 2.43. The smallest absolute Gasteiger partial charge is 0.406 e. The highest BCUT2D eigenvalue weighted by Crippen LogP contribution is 2.29. The van der Waals surface area contributed by atoms with Gasteiger partial charge in [0, 0.05) is 5.69 Å². The molecule has 0 aliphatic carbocycles. The van der Waals surface area contributed by atoms with Crippen molar-refractivity contribution in [2.45, 2.75) is 9.96 Å². The highest BCUT2D eigenvalue weighted by Gasteiger charge is 2.34. The Morgan fingerprint density at radius 3 is 2.22 bits per heavy atom. The average Bonchev–Trinajstić information content (AvgIpc) is 2.45. The van der Waals surface area contributed by atoms with Crippen LogP contribution in [0.15, 0.2) is 24.3 Å². The van der Waals surface area contributed by atoms with Crippen LogP contribution in [-0.2, 0) is 4.74 Å². The molecule has 0 bridgehead atoms. The van der Waals surface area contributed by atoms with Gasteiger partial charge in [-0.15, -0.1) is 0 Å². The number of esters is 1. The van der Waals surface area contributed by atoms with Gasteiger partial charge < -0.3 is 20.5 Å². The van der Waals surface area contributed by atoms with Crippen molar-refractivity contribution in [3.05, 3.63) is 29.8 Å². The zero-order valence-corrected chi connectivity index (χ0v) is 14.7. The van der Waals surface area contributed by atoms with Gasteiger partial charge in [-0.1, -0.05) is 34.8 Å². The van der Waals surface area contributed by atoms with Gasteiger partial charge >= 0.3 is 12.1 Å². The van der Waals surface area contributed by atoms with Crippen molar-refractivity contribution in [2.24, 2.45) is 0 Å². The number of carbonyl (C=O) groups excluding carboxylic acids is 1. The Morgan fingerprint density at radius 2 is 1.78 bits per heavy atom. The Balaban J connectivity index is 2.71. The number of amides is 1. The molecule has 1 amide bonds. The van der Waals surface area contributed by atoms with E-state index in [1.165, 1.54) is 19.2 Å². The van der Waals surface area contributed by atoms with Gasteiger partial charge in [0.2, 0.25) is 3.79 Å².